The van der Waals surface area contributed by atoms with E-state index in [0.29, 0.717) is 12.4 Å². The Kier molecular flexibility index (Phi) is 4.19. The van der Waals surface area contributed by atoms with E-state index in [4.69, 9.17) is 9.47 Å². The van der Waals surface area contributed by atoms with Gasteiger partial charge >= 0.3 is 0 Å². The van der Waals surface area contributed by atoms with Gasteiger partial charge in [-0.15, -0.1) is 0 Å². The molecular weight excluding hydrogens is 204 g/mol. The van der Waals surface area contributed by atoms with Gasteiger partial charge in [0.25, 0.3) is 0 Å². The Morgan fingerprint density at radius 3 is 2.94 bits per heavy atom. The molecule has 1 unspecified atom stereocenters. The van der Waals surface area contributed by atoms with Crippen molar-refractivity contribution >= 4 is 0 Å². The van der Waals surface area contributed by atoms with Crippen molar-refractivity contribution in [2.45, 2.75) is 32.0 Å². The maximum absolute atomic E-state index is 9.56. The molecule has 0 spiro atoms. The van der Waals surface area contributed by atoms with Gasteiger partial charge in [-0.05, 0) is 37.3 Å². The Morgan fingerprint density at radius 1 is 1.31 bits per heavy atom. The van der Waals surface area contributed by atoms with Crippen molar-refractivity contribution in [3.8, 4) is 5.75 Å². The molecule has 1 N–H and O–H groups in total. The molecule has 1 aromatic carbocycles. The van der Waals surface area contributed by atoms with E-state index in [1.54, 1.807) is 6.07 Å². The highest BCUT2D eigenvalue weighted by Gasteiger charge is 2.13. The molecule has 1 aliphatic rings. The van der Waals surface area contributed by atoms with Gasteiger partial charge in [0.15, 0.2) is 6.29 Å². The second-order valence-corrected chi connectivity index (χ2v) is 4.05. The van der Waals surface area contributed by atoms with E-state index in [-0.39, 0.29) is 6.29 Å². The molecule has 0 bridgehead atoms. The van der Waals surface area contributed by atoms with Crippen molar-refractivity contribution in [1.82, 2.24) is 0 Å². The molecule has 1 heterocycles. The topological polar surface area (TPSA) is 38.7 Å². The van der Waals surface area contributed by atoms with Crippen molar-refractivity contribution in [2.24, 2.45) is 0 Å². The third-order valence-electron chi connectivity index (χ3n) is 2.80. The summed E-state index contributed by atoms with van der Waals surface area (Å²) >= 11 is 0. The smallest absolute Gasteiger partial charge is 0.157 e. The van der Waals surface area contributed by atoms with Crippen LogP contribution in [0.25, 0.3) is 0 Å². The Balaban J connectivity index is 1.73. The van der Waals surface area contributed by atoms with Crippen LogP contribution in [0.3, 0.4) is 0 Å². The van der Waals surface area contributed by atoms with Gasteiger partial charge < -0.3 is 14.6 Å². The minimum Gasteiger partial charge on any atom is -0.508 e. The second-order valence-electron chi connectivity index (χ2n) is 4.05. The fourth-order valence-electron chi connectivity index (χ4n) is 1.87. The van der Waals surface area contributed by atoms with Gasteiger partial charge in [-0.25, -0.2) is 0 Å². The number of phenols is 1. The predicted octanol–water partition coefficient (Wildman–Crippen LogP) is 2.48. The Bertz CT molecular complexity index is 319. The molecule has 0 aliphatic carbocycles. The van der Waals surface area contributed by atoms with Crippen molar-refractivity contribution < 1.29 is 14.6 Å². The SMILES string of the molecule is Oc1ccccc1CCOC1CCCCO1. The lowest BCUT2D eigenvalue weighted by Crippen LogP contribution is -2.23. The lowest BCUT2D eigenvalue weighted by atomic mass is 10.1. The fraction of sp³-hybridized carbons (Fsp3) is 0.538. The first kappa shape index (κ1) is 11.4. The second kappa shape index (κ2) is 5.87. The normalized spacial score (nSPS) is 20.9. The molecule has 0 amide bonds. The zero-order valence-electron chi connectivity index (χ0n) is 9.39. The molecule has 2 rings (SSSR count). The molecule has 0 radical (unpaired) electrons. The van der Waals surface area contributed by atoms with Crippen LogP contribution in [0.4, 0.5) is 0 Å². The van der Waals surface area contributed by atoms with Crippen LogP contribution in [0.15, 0.2) is 24.3 Å². The molecule has 0 saturated carbocycles. The number of hydrogen-bond acceptors (Lipinski definition) is 3. The number of aromatic hydroxyl groups is 1. The predicted molar refractivity (Wildman–Crippen MR) is 61.4 cm³/mol. The average Bonchev–Trinajstić information content (AvgIpc) is 2.33. The van der Waals surface area contributed by atoms with Crippen LogP contribution in [0, 0.1) is 0 Å². The Labute approximate surface area is 96.0 Å². The van der Waals surface area contributed by atoms with Crippen LogP contribution in [-0.2, 0) is 15.9 Å². The monoisotopic (exact) mass is 222 g/mol. The standard InChI is InChI=1S/C13H18O3/c14-12-6-2-1-5-11(12)8-10-16-13-7-3-4-9-15-13/h1-2,5-6,13-14H,3-4,7-10H2. The van der Waals surface area contributed by atoms with Crippen LogP contribution in [0.2, 0.25) is 0 Å². The molecule has 1 atom stereocenters. The van der Waals surface area contributed by atoms with Crippen LogP contribution in [-0.4, -0.2) is 24.6 Å². The van der Waals surface area contributed by atoms with Gasteiger partial charge in [0.05, 0.1) is 6.61 Å². The van der Waals surface area contributed by atoms with Crippen molar-refractivity contribution in [3.63, 3.8) is 0 Å². The molecule has 1 fully saturated rings. The summed E-state index contributed by atoms with van der Waals surface area (Å²) < 4.78 is 11.1. The zero-order chi connectivity index (χ0) is 11.2. The number of phenolic OH excluding ortho intramolecular Hbond substituents is 1. The first-order chi connectivity index (χ1) is 7.86. The minimum atomic E-state index is -0.0420. The summed E-state index contributed by atoms with van der Waals surface area (Å²) in [6.07, 6.45) is 3.99. The molecule has 0 aromatic heterocycles. The van der Waals surface area contributed by atoms with E-state index >= 15 is 0 Å². The Morgan fingerprint density at radius 2 is 2.19 bits per heavy atom. The molecule has 1 aromatic rings. The molecular formula is C13H18O3. The Hall–Kier alpha value is -1.06. The highest BCUT2D eigenvalue weighted by molar-refractivity contribution is 5.31. The first-order valence-electron chi connectivity index (χ1n) is 5.86. The third kappa shape index (κ3) is 3.22. The summed E-state index contributed by atoms with van der Waals surface area (Å²) in [7, 11) is 0. The van der Waals surface area contributed by atoms with Crippen LogP contribution >= 0.6 is 0 Å². The van der Waals surface area contributed by atoms with E-state index in [9.17, 15) is 5.11 Å². The lowest BCUT2D eigenvalue weighted by molar-refractivity contribution is -0.161. The third-order valence-corrected chi connectivity index (χ3v) is 2.80. The number of ether oxygens (including phenoxy) is 2. The molecule has 88 valence electrons. The maximum Gasteiger partial charge on any atom is 0.157 e. The summed E-state index contributed by atoms with van der Waals surface area (Å²) in [6, 6.07) is 7.36. The molecule has 16 heavy (non-hydrogen) atoms. The van der Waals surface area contributed by atoms with Gasteiger partial charge in [0.1, 0.15) is 5.75 Å². The fourth-order valence-corrected chi connectivity index (χ4v) is 1.87. The summed E-state index contributed by atoms with van der Waals surface area (Å²) in [5, 5.41) is 9.56. The molecule has 3 heteroatoms. The van der Waals surface area contributed by atoms with Crippen LogP contribution in [0.5, 0.6) is 5.75 Å². The zero-order valence-corrected chi connectivity index (χ0v) is 9.39. The van der Waals surface area contributed by atoms with Crippen molar-refractivity contribution in [3.05, 3.63) is 29.8 Å². The molecule has 1 aliphatic heterocycles. The molecule has 3 nitrogen and oxygen atoms in total. The maximum atomic E-state index is 9.56. The number of benzene rings is 1. The van der Waals surface area contributed by atoms with Gasteiger partial charge in [0, 0.05) is 6.61 Å². The van der Waals surface area contributed by atoms with Crippen LogP contribution < -0.4 is 0 Å². The summed E-state index contributed by atoms with van der Waals surface area (Å²) in [4.78, 5) is 0. The summed E-state index contributed by atoms with van der Waals surface area (Å²) in [6.45, 7) is 1.41. The van der Waals surface area contributed by atoms with Gasteiger partial charge in [0.2, 0.25) is 0 Å². The van der Waals surface area contributed by atoms with Gasteiger partial charge in [-0.2, -0.15) is 0 Å². The van der Waals surface area contributed by atoms with E-state index in [2.05, 4.69) is 0 Å². The van der Waals surface area contributed by atoms with E-state index in [0.717, 1.165) is 31.4 Å². The van der Waals surface area contributed by atoms with Crippen molar-refractivity contribution in [2.75, 3.05) is 13.2 Å². The largest absolute Gasteiger partial charge is 0.508 e. The number of rotatable bonds is 4. The highest BCUT2D eigenvalue weighted by Crippen LogP contribution is 2.18. The van der Waals surface area contributed by atoms with E-state index < -0.39 is 0 Å². The minimum absolute atomic E-state index is 0.0420. The van der Waals surface area contributed by atoms with E-state index in [1.807, 2.05) is 18.2 Å². The van der Waals surface area contributed by atoms with Crippen molar-refractivity contribution in [1.29, 1.82) is 0 Å². The number of para-hydroxylation sites is 1. The van der Waals surface area contributed by atoms with Gasteiger partial charge in [-0.3, -0.25) is 0 Å². The summed E-state index contributed by atoms with van der Waals surface area (Å²) in [5.41, 5.74) is 0.929. The average molecular weight is 222 g/mol. The quantitative estimate of drug-likeness (QED) is 0.850. The highest BCUT2D eigenvalue weighted by atomic mass is 16.7. The van der Waals surface area contributed by atoms with Gasteiger partial charge in [-0.1, -0.05) is 18.2 Å². The summed E-state index contributed by atoms with van der Waals surface area (Å²) in [5.74, 6) is 0.343. The first-order valence-corrected chi connectivity index (χ1v) is 5.86. The number of hydrogen-bond donors (Lipinski definition) is 1. The molecule has 1 saturated heterocycles. The van der Waals surface area contributed by atoms with Crippen LogP contribution in [0.1, 0.15) is 24.8 Å². The lowest BCUT2D eigenvalue weighted by Gasteiger charge is -2.22. The van der Waals surface area contributed by atoms with E-state index in [1.165, 1.54) is 6.42 Å².